The number of hydrogen-bond donors (Lipinski definition) is 1. The van der Waals surface area contributed by atoms with Crippen LogP contribution in [0.4, 0.5) is 0 Å². The van der Waals surface area contributed by atoms with Crippen molar-refractivity contribution < 1.29 is 9.26 Å². The topological polar surface area (TPSA) is 74.2 Å². The summed E-state index contributed by atoms with van der Waals surface area (Å²) in [6.07, 6.45) is -0.346. The third-order valence-electron chi connectivity index (χ3n) is 2.53. The van der Waals surface area contributed by atoms with E-state index in [1.807, 2.05) is 31.2 Å². The first-order chi connectivity index (χ1) is 8.24. The second-order valence-electron chi connectivity index (χ2n) is 3.78. The van der Waals surface area contributed by atoms with E-state index in [2.05, 4.69) is 10.1 Å². The maximum absolute atomic E-state index is 5.53. The Labute approximate surface area is 99.6 Å². The molecule has 1 aromatic carbocycles. The summed E-state index contributed by atoms with van der Waals surface area (Å²) in [4.78, 5) is 4.27. The second-order valence-corrected chi connectivity index (χ2v) is 3.78. The quantitative estimate of drug-likeness (QED) is 0.869. The molecule has 2 rings (SSSR count). The Morgan fingerprint density at radius 3 is 2.65 bits per heavy atom. The Morgan fingerprint density at radius 1 is 1.35 bits per heavy atom. The Hall–Kier alpha value is -1.72. The first kappa shape index (κ1) is 11.8. The van der Waals surface area contributed by atoms with E-state index < -0.39 is 0 Å². The van der Waals surface area contributed by atoms with Gasteiger partial charge in [0.1, 0.15) is 6.10 Å². The summed E-state index contributed by atoms with van der Waals surface area (Å²) < 4.78 is 10.3. The molecule has 1 aromatic heterocycles. The van der Waals surface area contributed by atoms with Crippen LogP contribution in [0.2, 0.25) is 0 Å². The lowest BCUT2D eigenvalue weighted by atomic mass is 10.1. The fraction of sp³-hybridized carbons (Fsp3) is 0.333. The zero-order chi connectivity index (χ0) is 12.3. The van der Waals surface area contributed by atoms with Crippen LogP contribution in [0.15, 0.2) is 28.8 Å². The predicted octanol–water partition coefficient (Wildman–Crippen LogP) is 1.69. The third-order valence-corrected chi connectivity index (χ3v) is 2.53. The van der Waals surface area contributed by atoms with E-state index in [1.165, 1.54) is 5.56 Å². The Morgan fingerprint density at radius 2 is 2.06 bits per heavy atom. The fourth-order valence-corrected chi connectivity index (χ4v) is 1.48. The summed E-state index contributed by atoms with van der Waals surface area (Å²) >= 11 is 0. The molecule has 0 fully saturated rings. The van der Waals surface area contributed by atoms with Crippen molar-refractivity contribution >= 4 is 0 Å². The molecule has 0 aliphatic heterocycles. The van der Waals surface area contributed by atoms with E-state index in [0.717, 1.165) is 5.56 Å². The first-order valence-electron chi connectivity index (χ1n) is 5.38. The summed E-state index contributed by atoms with van der Waals surface area (Å²) in [5.74, 6) is 0.959. The minimum atomic E-state index is -0.346. The summed E-state index contributed by atoms with van der Waals surface area (Å²) in [7, 11) is 1.56. The predicted molar refractivity (Wildman–Crippen MR) is 63.3 cm³/mol. The molecule has 5 heteroatoms. The van der Waals surface area contributed by atoms with Crippen LogP contribution in [0.3, 0.4) is 0 Å². The van der Waals surface area contributed by atoms with Gasteiger partial charge in [0.05, 0.1) is 0 Å². The van der Waals surface area contributed by atoms with Crippen molar-refractivity contribution in [1.82, 2.24) is 10.1 Å². The fourth-order valence-electron chi connectivity index (χ4n) is 1.48. The van der Waals surface area contributed by atoms with E-state index >= 15 is 0 Å². The van der Waals surface area contributed by atoms with Crippen LogP contribution < -0.4 is 5.73 Å². The Balaban J connectivity index is 2.26. The summed E-state index contributed by atoms with van der Waals surface area (Å²) in [5.41, 5.74) is 7.63. The molecular weight excluding hydrogens is 218 g/mol. The maximum Gasteiger partial charge on any atom is 0.257 e. The highest BCUT2D eigenvalue weighted by atomic mass is 16.5. The molecule has 2 aromatic rings. The van der Waals surface area contributed by atoms with Gasteiger partial charge in [0.25, 0.3) is 5.89 Å². The molecule has 90 valence electrons. The van der Waals surface area contributed by atoms with Crippen LogP contribution in [0.5, 0.6) is 0 Å². The van der Waals surface area contributed by atoms with E-state index in [4.69, 9.17) is 15.0 Å². The normalized spacial score (nSPS) is 12.6. The standard InChI is InChI=1S/C12H15N3O2/c1-8-3-5-9(6-4-8)11-14-12(17-15-11)10(7-13)16-2/h3-6,10H,7,13H2,1-2H3. The molecule has 1 heterocycles. The van der Waals surface area contributed by atoms with Gasteiger partial charge >= 0.3 is 0 Å². The average molecular weight is 233 g/mol. The Kier molecular flexibility index (Phi) is 3.51. The molecule has 1 unspecified atom stereocenters. The highest BCUT2D eigenvalue weighted by molar-refractivity contribution is 5.54. The largest absolute Gasteiger partial charge is 0.370 e. The molecule has 5 nitrogen and oxygen atoms in total. The zero-order valence-electron chi connectivity index (χ0n) is 9.88. The van der Waals surface area contributed by atoms with Crippen LogP contribution in [0.25, 0.3) is 11.4 Å². The van der Waals surface area contributed by atoms with Crippen molar-refractivity contribution in [2.24, 2.45) is 5.73 Å². The molecule has 1 atom stereocenters. The number of nitrogens with zero attached hydrogens (tertiary/aromatic N) is 2. The van der Waals surface area contributed by atoms with Crippen molar-refractivity contribution in [2.45, 2.75) is 13.0 Å². The highest BCUT2D eigenvalue weighted by Crippen LogP contribution is 2.20. The summed E-state index contributed by atoms with van der Waals surface area (Å²) in [5, 5.41) is 3.91. The molecule has 0 saturated carbocycles. The van der Waals surface area contributed by atoms with Gasteiger partial charge in [-0.15, -0.1) is 0 Å². The highest BCUT2D eigenvalue weighted by Gasteiger charge is 2.17. The van der Waals surface area contributed by atoms with Gasteiger partial charge < -0.3 is 15.0 Å². The van der Waals surface area contributed by atoms with Crippen LogP contribution in [-0.2, 0) is 4.74 Å². The molecule has 2 N–H and O–H groups in total. The van der Waals surface area contributed by atoms with Crippen LogP contribution in [-0.4, -0.2) is 23.8 Å². The number of hydrogen-bond acceptors (Lipinski definition) is 5. The first-order valence-corrected chi connectivity index (χ1v) is 5.38. The van der Waals surface area contributed by atoms with E-state index in [0.29, 0.717) is 18.3 Å². The lowest BCUT2D eigenvalue weighted by Gasteiger charge is -2.05. The number of aromatic nitrogens is 2. The molecule has 0 spiro atoms. The number of benzene rings is 1. The molecule has 0 bridgehead atoms. The van der Waals surface area contributed by atoms with Crippen molar-refractivity contribution in [3.63, 3.8) is 0 Å². The monoisotopic (exact) mass is 233 g/mol. The van der Waals surface area contributed by atoms with Crippen molar-refractivity contribution in [2.75, 3.05) is 13.7 Å². The van der Waals surface area contributed by atoms with Gasteiger partial charge in [0, 0.05) is 19.2 Å². The number of methoxy groups -OCH3 is 1. The molecule has 0 amide bonds. The van der Waals surface area contributed by atoms with Gasteiger partial charge in [-0.3, -0.25) is 0 Å². The summed E-state index contributed by atoms with van der Waals surface area (Å²) in [6, 6.07) is 7.91. The zero-order valence-corrected chi connectivity index (χ0v) is 9.88. The van der Waals surface area contributed by atoms with E-state index in [-0.39, 0.29) is 6.10 Å². The average Bonchev–Trinajstić information content (AvgIpc) is 2.81. The smallest absolute Gasteiger partial charge is 0.257 e. The van der Waals surface area contributed by atoms with E-state index in [9.17, 15) is 0 Å². The maximum atomic E-state index is 5.53. The van der Waals surface area contributed by atoms with Crippen LogP contribution in [0.1, 0.15) is 17.6 Å². The molecule has 0 aliphatic carbocycles. The van der Waals surface area contributed by atoms with Gasteiger partial charge in [0.15, 0.2) is 0 Å². The van der Waals surface area contributed by atoms with Crippen LogP contribution in [0, 0.1) is 6.92 Å². The van der Waals surface area contributed by atoms with Gasteiger partial charge in [-0.25, -0.2) is 0 Å². The Bertz CT molecular complexity index is 475. The van der Waals surface area contributed by atoms with Crippen molar-refractivity contribution in [3.8, 4) is 11.4 Å². The molecule has 17 heavy (non-hydrogen) atoms. The molecule has 0 radical (unpaired) electrons. The minimum absolute atomic E-state index is 0.312. The van der Waals surface area contributed by atoms with Gasteiger partial charge in [0.2, 0.25) is 5.82 Å². The van der Waals surface area contributed by atoms with Gasteiger partial charge in [-0.2, -0.15) is 4.98 Å². The SMILES string of the molecule is COC(CN)c1nc(-c2ccc(C)cc2)no1. The number of rotatable bonds is 4. The second kappa shape index (κ2) is 5.07. The van der Waals surface area contributed by atoms with Gasteiger partial charge in [-0.05, 0) is 6.92 Å². The lowest BCUT2D eigenvalue weighted by molar-refractivity contribution is 0.0804. The molecule has 0 saturated heterocycles. The van der Waals surface area contributed by atoms with Crippen molar-refractivity contribution in [1.29, 1.82) is 0 Å². The summed E-state index contributed by atoms with van der Waals surface area (Å²) in [6.45, 7) is 2.34. The molecule has 0 aliphatic rings. The minimum Gasteiger partial charge on any atom is -0.370 e. The van der Waals surface area contributed by atoms with Crippen molar-refractivity contribution in [3.05, 3.63) is 35.7 Å². The molecular formula is C12H15N3O2. The number of nitrogens with two attached hydrogens (primary N) is 1. The number of aryl methyl sites for hydroxylation is 1. The van der Waals surface area contributed by atoms with Gasteiger partial charge in [-0.1, -0.05) is 35.0 Å². The van der Waals surface area contributed by atoms with E-state index in [1.54, 1.807) is 7.11 Å². The number of ether oxygens (including phenoxy) is 1. The van der Waals surface area contributed by atoms with Crippen LogP contribution >= 0.6 is 0 Å². The lowest BCUT2D eigenvalue weighted by Crippen LogP contribution is -2.14. The third kappa shape index (κ3) is 2.51.